The Labute approximate surface area is 94.4 Å². The van der Waals surface area contributed by atoms with Gasteiger partial charge in [0.1, 0.15) is 11.4 Å². The van der Waals surface area contributed by atoms with Gasteiger partial charge < -0.3 is 10.5 Å². The number of esters is 1. The molecule has 0 aliphatic rings. The second-order valence-corrected chi connectivity index (χ2v) is 4.64. The number of rotatable bonds is 1. The first-order valence-corrected chi connectivity index (χ1v) is 5.00. The van der Waals surface area contributed by atoms with Crippen molar-refractivity contribution in [1.29, 1.82) is 0 Å². The number of benzene rings is 1. The maximum atomic E-state index is 13.1. The molecule has 0 saturated carbocycles. The zero-order valence-corrected chi connectivity index (χ0v) is 9.93. The van der Waals surface area contributed by atoms with E-state index in [4.69, 9.17) is 10.5 Å². The van der Waals surface area contributed by atoms with E-state index in [0.29, 0.717) is 0 Å². The number of hydrogen-bond acceptors (Lipinski definition) is 3. The summed E-state index contributed by atoms with van der Waals surface area (Å²) in [5.74, 6) is -0.960. The molecule has 0 aromatic heterocycles. The van der Waals surface area contributed by atoms with E-state index in [-0.39, 0.29) is 16.8 Å². The molecule has 4 heteroatoms. The Morgan fingerprint density at radius 2 is 1.94 bits per heavy atom. The maximum Gasteiger partial charge on any atom is 0.340 e. The highest BCUT2D eigenvalue weighted by Crippen LogP contribution is 2.22. The fourth-order valence-electron chi connectivity index (χ4n) is 1.21. The van der Waals surface area contributed by atoms with Crippen molar-refractivity contribution in [3.05, 3.63) is 29.1 Å². The van der Waals surface area contributed by atoms with Crippen molar-refractivity contribution in [2.75, 3.05) is 5.73 Å². The van der Waals surface area contributed by atoms with Crippen molar-refractivity contribution in [2.45, 2.75) is 33.3 Å². The van der Waals surface area contributed by atoms with Crippen LogP contribution in [0.3, 0.4) is 0 Å². The number of anilines is 1. The lowest BCUT2D eigenvalue weighted by atomic mass is 10.1. The minimum Gasteiger partial charge on any atom is -0.456 e. The Balaban J connectivity index is 3.06. The van der Waals surface area contributed by atoms with Gasteiger partial charge in [0.25, 0.3) is 0 Å². The lowest BCUT2D eigenvalue weighted by Gasteiger charge is -2.20. The lowest BCUT2D eigenvalue weighted by Crippen LogP contribution is -2.24. The zero-order valence-electron chi connectivity index (χ0n) is 9.93. The number of ether oxygens (including phenoxy) is 1. The molecule has 88 valence electrons. The molecule has 1 aromatic rings. The molecule has 2 N–H and O–H groups in total. The lowest BCUT2D eigenvalue weighted by molar-refractivity contribution is 0.00707. The predicted molar refractivity (Wildman–Crippen MR) is 60.7 cm³/mol. The maximum absolute atomic E-state index is 13.1. The molecule has 0 radical (unpaired) electrons. The summed E-state index contributed by atoms with van der Waals surface area (Å²) in [6.07, 6.45) is 0. The Kier molecular flexibility index (Phi) is 3.21. The molecular formula is C12H16FNO2. The molecule has 0 aliphatic carbocycles. The number of hydrogen-bond donors (Lipinski definition) is 1. The third kappa shape index (κ3) is 2.72. The van der Waals surface area contributed by atoms with Crippen molar-refractivity contribution in [3.8, 4) is 0 Å². The van der Waals surface area contributed by atoms with Crippen LogP contribution in [-0.2, 0) is 4.74 Å². The van der Waals surface area contributed by atoms with Gasteiger partial charge in [-0.25, -0.2) is 9.18 Å². The highest BCUT2D eigenvalue weighted by Gasteiger charge is 2.21. The molecule has 16 heavy (non-hydrogen) atoms. The smallest absolute Gasteiger partial charge is 0.340 e. The van der Waals surface area contributed by atoms with Gasteiger partial charge in [0.15, 0.2) is 0 Å². The average molecular weight is 225 g/mol. The van der Waals surface area contributed by atoms with Gasteiger partial charge in [-0.05, 0) is 39.8 Å². The number of carbonyl (C=O) groups is 1. The molecule has 0 aliphatic heterocycles. The second-order valence-electron chi connectivity index (χ2n) is 4.64. The second kappa shape index (κ2) is 4.12. The summed E-state index contributed by atoms with van der Waals surface area (Å²) in [5, 5.41) is 0. The minimum absolute atomic E-state index is 0.134. The van der Waals surface area contributed by atoms with Crippen LogP contribution >= 0.6 is 0 Å². The van der Waals surface area contributed by atoms with Crippen LogP contribution in [0.25, 0.3) is 0 Å². The standard InChI is InChI=1S/C12H16FNO2/c1-7-9(13)6-5-8(10(7)14)11(15)16-12(2,3)4/h5-6H,14H2,1-4H3. The SMILES string of the molecule is Cc1c(F)ccc(C(=O)OC(C)(C)C)c1N. The largest absolute Gasteiger partial charge is 0.456 e. The van der Waals surface area contributed by atoms with Crippen LogP contribution in [-0.4, -0.2) is 11.6 Å². The normalized spacial score (nSPS) is 11.3. The summed E-state index contributed by atoms with van der Waals surface area (Å²) in [6.45, 7) is 6.81. The van der Waals surface area contributed by atoms with Crippen LogP contribution in [0.1, 0.15) is 36.7 Å². The fraction of sp³-hybridized carbons (Fsp3) is 0.417. The van der Waals surface area contributed by atoms with E-state index in [0.717, 1.165) is 0 Å². The third-order valence-electron chi connectivity index (χ3n) is 2.07. The van der Waals surface area contributed by atoms with Gasteiger partial charge in [-0.15, -0.1) is 0 Å². The molecular weight excluding hydrogens is 209 g/mol. The van der Waals surface area contributed by atoms with Crippen LogP contribution in [0.15, 0.2) is 12.1 Å². The van der Waals surface area contributed by atoms with Gasteiger partial charge in [0, 0.05) is 5.56 Å². The highest BCUT2D eigenvalue weighted by atomic mass is 19.1. The van der Waals surface area contributed by atoms with Crippen molar-refractivity contribution >= 4 is 11.7 Å². The molecule has 0 spiro atoms. The van der Waals surface area contributed by atoms with Crippen LogP contribution in [0.5, 0.6) is 0 Å². The molecule has 3 nitrogen and oxygen atoms in total. The molecule has 0 atom stereocenters. The summed E-state index contributed by atoms with van der Waals surface area (Å²) in [5.41, 5.74) is 5.67. The topological polar surface area (TPSA) is 52.3 Å². The van der Waals surface area contributed by atoms with Crippen molar-refractivity contribution in [3.63, 3.8) is 0 Å². The number of nitrogens with two attached hydrogens (primary N) is 1. The van der Waals surface area contributed by atoms with Crippen LogP contribution in [0.4, 0.5) is 10.1 Å². The van der Waals surface area contributed by atoms with Gasteiger partial charge in [0.05, 0.1) is 11.3 Å². The van der Waals surface area contributed by atoms with E-state index in [2.05, 4.69) is 0 Å². The summed E-state index contributed by atoms with van der Waals surface area (Å²) in [7, 11) is 0. The first-order valence-electron chi connectivity index (χ1n) is 5.00. The number of carbonyl (C=O) groups excluding carboxylic acids is 1. The Morgan fingerprint density at radius 1 is 1.38 bits per heavy atom. The number of halogens is 1. The average Bonchev–Trinajstić information content (AvgIpc) is 2.11. The summed E-state index contributed by atoms with van der Waals surface area (Å²) < 4.78 is 18.3. The Hall–Kier alpha value is -1.58. The monoisotopic (exact) mass is 225 g/mol. The zero-order chi connectivity index (χ0) is 12.5. The van der Waals surface area contributed by atoms with E-state index >= 15 is 0 Å². The fourth-order valence-corrected chi connectivity index (χ4v) is 1.21. The molecule has 0 saturated heterocycles. The minimum atomic E-state index is -0.591. The van der Waals surface area contributed by atoms with E-state index in [1.165, 1.54) is 19.1 Å². The Bertz CT molecular complexity index is 422. The van der Waals surface area contributed by atoms with Gasteiger partial charge in [-0.2, -0.15) is 0 Å². The van der Waals surface area contributed by atoms with E-state index in [1.807, 2.05) is 0 Å². The molecule has 0 amide bonds. The highest BCUT2D eigenvalue weighted by molar-refractivity contribution is 5.96. The quantitative estimate of drug-likeness (QED) is 0.590. The van der Waals surface area contributed by atoms with E-state index < -0.39 is 17.4 Å². The van der Waals surface area contributed by atoms with Crippen LogP contribution < -0.4 is 5.73 Å². The molecule has 0 heterocycles. The first-order chi connectivity index (χ1) is 7.22. The summed E-state index contributed by atoms with van der Waals surface area (Å²) >= 11 is 0. The number of nitrogen functional groups attached to an aromatic ring is 1. The van der Waals surface area contributed by atoms with Crippen LogP contribution in [0, 0.1) is 12.7 Å². The molecule has 0 bridgehead atoms. The molecule has 1 rings (SSSR count). The molecule has 1 aromatic carbocycles. The van der Waals surface area contributed by atoms with E-state index in [1.54, 1.807) is 20.8 Å². The predicted octanol–water partition coefficient (Wildman–Crippen LogP) is 2.67. The first kappa shape index (κ1) is 12.5. The summed E-state index contributed by atoms with van der Waals surface area (Å²) in [6, 6.07) is 2.55. The Morgan fingerprint density at radius 3 is 2.44 bits per heavy atom. The molecule has 0 fully saturated rings. The van der Waals surface area contributed by atoms with Gasteiger partial charge in [-0.3, -0.25) is 0 Å². The van der Waals surface area contributed by atoms with Gasteiger partial charge in [-0.1, -0.05) is 0 Å². The summed E-state index contributed by atoms with van der Waals surface area (Å²) in [4.78, 5) is 11.7. The van der Waals surface area contributed by atoms with Crippen molar-refractivity contribution < 1.29 is 13.9 Å². The van der Waals surface area contributed by atoms with Gasteiger partial charge in [0.2, 0.25) is 0 Å². The van der Waals surface area contributed by atoms with Gasteiger partial charge >= 0.3 is 5.97 Å². The third-order valence-corrected chi connectivity index (χ3v) is 2.07. The van der Waals surface area contributed by atoms with Crippen molar-refractivity contribution in [1.82, 2.24) is 0 Å². The van der Waals surface area contributed by atoms with Crippen molar-refractivity contribution in [2.24, 2.45) is 0 Å². The van der Waals surface area contributed by atoms with E-state index in [9.17, 15) is 9.18 Å². The van der Waals surface area contributed by atoms with Crippen LogP contribution in [0.2, 0.25) is 0 Å². The molecule has 0 unspecified atom stereocenters.